The first-order valence-electron chi connectivity index (χ1n) is 6.00. The van der Waals surface area contributed by atoms with Gasteiger partial charge in [-0.2, -0.15) is 0 Å². The van der Waals surface area contributed by atoms with Crippen LogP contribution in [0.2, 0.25) is 5.02 Å². The zero-order valence-corrected chi connectivity index (χ0v) is 11.7. The van der Waals surface area contributed by atoms with Crippen molar-refractivity contribution in [1.29, 1.82) is 0 Å². The maximum absolute atomic E-state index is 5.98. The minimum absolute atomic E-state index is 0.191. The third-order valence-corrected chi connectivity index (χ3v) is 4.31. The molecule has 2 heterocycles. The Labute approximate surface area is 121 Å². The monoisotopic (exact) mass is 292 g/mol. The van der Waals surface area contributed by atoms with Gasteiger partial charge in [0.05, 0.1) is 0 Å². The summed E-state index contributed by atoms with van der Waals surface area (Å²) in [5.41, 5.74) is 6.75. The first-order valence-corrected chi connectivity index (χ1v) is 7.36. The van der Waals surface area contributed by atoms with Crippen LogP contribution in [-0.2, 0) is 6.42 Å². The van der Waals surface area contributed by atoms with Crippen molar-refractivity contribution < 1.29 is 4.74 Å². The van der Waals surface area contributed by atoms with Crippen molar-refractivity contribution in [2.24, 2.45) is 0 Å². The largest absolute Gasteiger partial charge is 0.489 e. The second kappa shape index (κ2) is 5.31. The SMILES string of the molecule is Nc1ccc(SCC2Cc3cc(Cl)ccc3O2)cn1. The molecule has 0 saturated carbocycles. The highest BCUT2D eigenvalue weighted by Gasteiger charge is 2.22. The van der Waals surface area contributed by atoms with E-state index in [4.69, 9.17) is 22.1 Å². The number of nitrogen functional groups attached to an aromatic ring is 1. The van der Waals surface area contributed by atoms with E-state index in [9.17, 15) is 0 Å². The summed E-state index contributed by atoms with van der Waals surface area (Å²) < 4.78 is 5.88. The number of hydrogen-bond acceptors (Lipinski definition) is 4. The summed E-state index contributed by atoms with van der Waals surface area (Å²) in [6.45, 7) is 0. The predicted molar refractivity (Wildman–Crippen MR) is 78.9 cm³/mol. The fourth-order valence-electron chi connectivity index (χ4n) is 2.05. The molecule has 3 nitrogen and oxygen atoms in total. The maximum atomic E-state index is 5.98. The average Bonchev–Trinajstić information content (AvgIpc) is 2.80. The summed E-state index contributed by atoms with van der Waals surface area (Å²) >= 11 is 7.70. The van der Waals surface area contributed by atoms with E-state index in [0.29, 0.717) is 5.82 Å². The smallest absolute Gasteiger partial charge is 0.123 e. The Morgan fingerprint density at radius 2 is 2.26 bits per heavy atom. The fraction of sp³-hybridized carbons (Fsp3) is 0.214. The van der Waals surface area contributed by atoms with Gasteiger partial charge in [-0.3, -0.25) is 0 Å². The van der Waals surface area contributed by atoms with Gasteiger partial charge in [0.15, 0.2) is 0 Å². The normalized spacial score (nSPS) is 17.0. The molecule has 0 spiro atoms. The van der Waals surface area contributed by atoms with Gasteiger partial charge in [0.1, 0.15) is 17.7 Å². The molecule has 5 heteroatoms. The molecule has 98 valence electrons. The van der Waals surface area contributed by atoms with Crippen LogP contribution < -0.4 is 10.5 Å². The average molecular weight is 293 g/mol. The van der Waals surface area contributed by atoms with E-state index in [1.165, 1.54) is 5.56 Å². The van der Waals surface area contributed by atoms with Crippen LogP contribution in [0.4, 0.5) is 5.82 Å². The number of aromatic nitrogens is 1. The van der Waals surface area contributed by atoms with E-state index in [-0.39, 0.29) is 6.10 Å². The molecule has 0 bridgehead atoms. The van der Waals surface area contributed by atoms with Crippen LogP contribution in [0.1, 0.15) is 5.56 Å². The van der Waals surface area contributed by atoms with Gasteiger partial charge in [-0.15, -0.1) is 11.8 Å². The molecule has 0 amide bonds. The van der Waals surface area contributed by atoms with Crippen molar-refractivity contribution in [3.05, 3.63) is 47.1 Å². The molecule has 1 atom stereocenters. The molecule has 0 aliphatic carbocycles. The summed E-state index contributed by atoms with van der Waals surface area (Å²) in [6.07, 6.45) is 2.89. The van der Waals surface area contributed by atoms with Gasteiger partial charge < -0.3 is 10.5 Å². The molecule has 3 rings (SSSR count). The lowest BCUT2D eigenvalue weighted by molar-refractivity contribution is 0.259. The standard InChI is InChI=1S/C14H13ClN2OS/c15-10-1-3-13-9(5-10)6-11(18-13)8-19-12-2-4-14(16)17-7-12/h1-5,7,11H,6,8H2,(H2,16,17). The lowest BCUT2D eigenvalue weighted by Gasteiger charge is -2.09. The molecule has 1 aromatic carbocycles. The lowest BCUT2D eigenvalue weighted by atomic mass is 10.1. The van der Waals surface area contributed by atoms with E-state index >= 15 is 0 Å². The van der Waals surface area contributed by atoms with Gasteiger partial charge in [0.25, 0.3) is 0 Å². The zero-order valence-electron chi connectivity index (χ0n) is 10.2. The molecular weight excluding hydrogens is 280 g/mol. The van der Waals surface area contributed by atoms with Crippen LogP contribution in [0.3, 0.4) is 0 Å². The number of benzene rings is 1. The van der Waals surface area contributed by atoms with E-state index < -0.39 is 0 Å². The highest BCUT2D eigenvalue weighted by Crippen LogP contribution is 2.33. The first-order chi connectivity index (χ1) is 9.20. The molecule has 19 heavy (non-hydrogen) atoms. The second-order valence-electron chi connectivity index (χ2n) is 4.43. The number of fused-ring (bicyclic) bond motifs is 1. The van der Waals surface area contributed by atoms with Crippen LogP contribution in [-0.4, -0.2) is 16.8 Å². The van der Waals surface area contributed by atoms with Crippen LogP contribution in [0.15, 0.2) is 41.4 Å². The Balaban J connectivity index is 1.60. The van der Waals surface area contributed by atoms with Gasteiger partial charge in [-0.1, -0.05) is 11.6 Å². The summed E-state index contributed by atoms with van der Waals surface area (Å²) in [5.74, 6) is 2.38. The van der Waals surface area contributed by atoms with E-state index in [1.54, 1.807) is 18.0 Å². The quantitative estimate of drug-likeness (QED) is 0.881. The van der Waals surface area contributed by atoms with Gasteiger partial charge in [0, 0.05) is 28.3 Å². The van der Waals surface area contributed by atoms with Crippen molar-refractivity contribution in [3.63, 3.8) is 0 Å². The van der Waals surface area contributed by atoms with Crippen molar-refractivity contribution in [3.8, 4) is 5.75 Å². The summed E-state index contributed by atoms with van der Waals surface area (Å²) in [5, 5.41) is 0.762. The number of rotatable bonds is 3. The third kappa shape index (κ3) is 2.96. The zero-order chi connectivity index (χ0) is 13.2. The minimum atomic E-state index is 0.191. The number of halogens is 1. The van der Waals surface area contributed by atoms with Gasteiger partial charge >= 0.3 is 0 Å². The van der Waals surface area contributed by atoms with Gasteiger partial charge in [-0.05, 0) is 35.9 Å². The number of anilines is 1. The van der Waals surface area contributed by atoms with Crippen LogP contribution >= 0.6 is 23.4 Å². The number of ether oxygens (including phenoxy) is 1. The summed E-state index contributed by atoms with van der Waals surface area (Å²) in [4.78, 5) is 5.18. The lowest BCUT2D eigenvalue weighted by Crippen LogP contribution is -2.15. The van der Waals surface area contributed by atoms with Crippen LogP contribution in [0.25, 0.3) is 0 Å². The van der Waals surface area contributed by atoms with E-state index in [1.807, 2.05) is 30.3 Å². The van der Waals surface area contributed by atoms with Crippen molar-refractivity contribution in [2.45, 2.75) is 17.4 Å². The summed E-state index contributed by atoms with van der Waals surface area (Å²) in [7, 11) is 0. The molecular formula is C14H13ClN2OS. The Morgan fingerprint density at radius 3 is 3.05 bits per heavy atom. The highest BCUT2D eigenvalue weighted by atomic mass is 35.5. The first kappa shape index (κ1) is 12.6. The molecule has 1 aliphatic rings. The molecule has 2 aromatic rings. The molecule has 1 unspecified atom stereocenters. The number of pyridine rings is 1. The van der Waals surface area contributed by atoms with Crippen molar-refractivity contribution >= 4 is 29.2 Å². The summed E-state index contributed by atoms with van der Waals surface area (Å²) in [6, 6.07) is 9.57. The third-order valence-electron chi connectivity index (χ3n) is 2.96. The van der Waals surface area contributed by atoms with Crippen LogP contribution in [0.5, 0.6) is 5.75 Å². The number of nitrogens with two attached hydrogens (primary N) is 1. The Morgan fingerprint density at radius 1 is 1.37 bits per heavy atom. The molecule has 0 radical (unpaired) electrons. The van der Waals surface area contributed by atoms with E-state index in [2.05, 4.69) is 4.98 Å². The minimum Gasteiger partial charge on any atom is -0.489 e. The molecule has 2 N–H and O–H groups in total. The van der Waals surface area contributed by atoms with Crippen molar-refractivity contribution in [2.75, 3.05) is 11.5 Å². The Kier molecular flexibility index (Phi) is 3.53. The molecule has 0 saturated heterocycles. The highest BCUT2D eigenvalue weighted by molar-refractivity contribution is 7.99. The number of hydrogen-bond donors (Lipinski definition) is 1. The molecule has 0 fully saturated rings. The van der Waals surface area contributed by atoms with Crippen LogP contribution in [0, 0.1) is 0 Å². The van der Waals surface area contributed by atoms with Gasteiger partial charge in [0.2, 0.25) is 0 Å². The number of nitrogens with zero attached hydrogens (tertiary/aromatic N) is 1. The fourth-order valence-corrected chi connectivity index (χ4v) is 3.10. The van der Waals surface area contributed by atoms with Gasteiger partial charge in [-0.25, -0.2) is 4.98 Å². The maximum Gasteiger partial charge on any atom is 0.123 e. The number of thioether (sulfide) groups is 1. The molecule has 1 aromatic heterocycles. The van der Waals surface area contributed by atoms with E-state index in [0.717, 1.165) is 27.8 Å². The second-order valence-corrected chi connectivity index (χ2v) is 5.96. The topological polar surface area (TPSA) is 48.1 Å². The Bertz CT molecular complexity index is 588. The Hall–Kier alpha value is -1.39. The van der Waals surface area contributed by atoms with Crippen molar-refractivity contribution in [1.82, 2.24) is 4.98 Å². The molecule has 1 aliphatic heterocycles. The predicted octanol–water partition coefficient (Wildman–Crippen LogP) is 3.41.